The van der Waals surface area contributed by atoms with E-state index in [0.29, 0.717) is 25.3 Å². The lowest BCUT2D eigenvalue weighted by Crippen LogP contribution is -2.25. The molecule has 5 N–H and O–H groups in total. The summed E-state index contributed by atoms with van der Waals surface area (Å²) in [5, 5.41) is 9.82. The second-order valence-corrected chi connectivity index (χ2v) is 3.51. The normalized spacial score (nSPS) is 10.7. The van der Waals surface area contributed by atoms with Gasteiger partial charge in [-0.1, -0.05) is 12.1 Å². The van der Waals surface area contributed by atoms with Crippen molar-refractivity contribution in [3.63, 3.8) is 0 Å². The second kappa shape index (κ2) is 5.58. The molecule has 0 heterocycles. The van der Waals surface area contributed by atoms with Gasteiger partial charge in [-0.15, -0.1) is 0 Å². The number of nitrogens with two attached hydrogens (primary N) is 2. The number of benzene rings is 1. The van der Waals surface area contributed by atoms with Crippen LogP contribution >= 0.6 is 0 Å². The number of para-hydroxylation sites is 1. The molecule has 4 nitrogen and oxygen atoms in total. The fraction of sp³-hybridized carbons (Fsp3) is 0.455. The molecular weight excluding hydrogens is 192 g/mol. The third-order valence-corrected chi connectivity index (χ3v) is 2.48. The summed E-state index contributed by atoms with van der Waals surface area (Å²) in [5.74, 6) is 0.871. The number of rotatable bonds is 5. The van der Waals surface area contributed by atoms with Crippen molar-refractivity contribution < 1.29 is 9.84 Å². The van der Waals surface area contributed by atoms with Crippen molar-refractivity contribution in [3.05, 3.63) is 23.8 Å². The first-order chi connectivity index (χ1) is 7.22. The van der Waals surface area contributed by atoms with Crippen LogP contribution < -0.4 is 16.2 Å². The average Bonchev–Trinajstić information content (AvgIpc) is 2.28. The number of hydrogen-bond donors (Lipinski definition) is 3. The van der Waals surface area contributed by atoms with Crippen LogP contribution in [0, 0.1) is 5.92 Å². The van der Waals surface area contributed by atoms with E-state index >= 15 is 0 Å². The van der Waals surface area contributed by atoms with Crippen LogP contribution in [0.1, 0.15) is 5.56 Å². The fourth-order valence-corrected chi connectivity index (χ4v) is 1.47. The predicted molar refractivity (Wildman–Crippen MR) is 60.0 cm³/mol. The monoisotopic (exact) mass is 210 g/mol. The highest BCUT2D eigenvalue weighted by Gasteiger charge is 2.11. The molecule has 0 aliphatic rings. The van der Waals surface area contributed by atoms with Gasteiger partial charge in [0.05, 0.1) is 7.11 Å². The molecular formula is C11H18N2O2. The molecule has 0 amide bonds. The van der Waals surface area contributed by atoms with Crippen molar-refractivity contribution >= 4 is 0 Å². The van der Waals surface area contributed by atoms with E-state index < -0.39 is 0 Å². The van der Waals surface area contributed by atoms with Crippen LogP contribution in [0.2, 0.25) is 0 Å². The summed E-state index contributed by atoms with van der Waals surface area (Å²) in [6.45, 7) is 1.04. The standard InChI is InChI=1S/C11H18N2O2/c1-15-10-4-2-3-9(11(10)14)5-8(6-12)7-13/h2-4,8,14H,5-7,12-13H2,1H3. The number of methoxy groups -OCH3 is 1. The number of aromatic hydroxyl groups is 1. The molecule has 0 bridgehead atoms. The minimum absolute atomic E-state index is 0.187. The molecule has 1 rings (SSSR count). The van der Waals surface area contributed by atoms with Crippen molar-refractivity contribution in [1.82, 2.24) is 0 Å². The Morgan fingerprint density at radius 3 is 2.53 bits per heavy atom. The first-order valence-corrected chi connectivity index (χ1v) is 4.97. The van der Waals surface area contributed by atoms with Gasteiger partial charge < -0.3 is 21.3 Å². The molecule has 0 atom stereocenters. The van der Waals surface area contributed by atoms with E-state index in [4.69, 9.17) is 16.2 Å². The number of phenols is 1. The van der Waals surface area contributed by atoms with Crippen molar-refractivity contribution in [2.24, 2.45) is 17.4 Å². The number of phenolic OH excluding ortho intramolecular Hbond substituents is 1. The predicted octanol–water partition coefficient (Wildman–Crippen LogP) is 0.477. The van der Waals surface area contributed by atoms with Gasteiger partial charge in [-0.25, -0.2) is 0 Å². The molecule has 84 valence electrons. The molecule has 0 fully saturated rings. The van der Waals surface area contributed by atoms with Gasteiger partial charge in [0.15, 0.2) is 11.5 Å². The molecule has 0 aliphatic heterocycles. The maximum absolute atomic E-state index is 9.82. The molecule has 0 radical (unpaired) electrons. The van der Waals surface area contributed by atoms with Crippen LogP contribution in [0.5, 0.6) is 11.5 Å². The Morgan fingerprint density at radius 2 is 2.00 bits per heavy atom. The van der Waals surface area contributed by atoms with E-state index in [1.54, 1.807) is 6.07 Å². The smallest absolute Gasteiger partial charge is 0.160 e. The van der Waals surface area contributed by atoms with Crippen molar-refractivity contribution in [3.8, 4) is 11.5 Å². The van der Waals surface area contributed by atoms with Gasteiger partial charge in [0.1, 0.15) is 0 Å². The van der Waals surface area contributed by atoms with Crippen molar-refractivity contribution in [1.29, 1.82) is 0 Å². The summed E-state index contributed by atoms with van der Waals surface area (Å²) in [6.07, 6.45) is 0.677. The Morgan fingerprint density at radius 1 is 1.33 bits per heavy atom. The van der Waals surface area contributed by atoms with E-state index in [1.165, 1.54) is 7.11 Å². The van der Waals surface area contributed by atoms with Gasteiger partial charge in [-0.3, -0.25) is 0 Å². The largest absolute Gasteiger partial charge is 0.504 e. The summed E-state index contributed by atoms with van der Waals surface area (Å²) in [6, 6.07) is 5.42. The first kappa shape index (κ1) is 11.8. The first-order valence-electron chi connectivity index (χ1n) is 4.97. The minimum Gasteiger partial charge on any atom is -0.504 e. The third-order valence-electron chi connectivity index (χ3n) is 2.48. The number of hydrogen-bond acceptors (Lipinski definition) is 4. The van der Waals surface area contributed by atoms with Gasteiger partial charge in [0.2, 0.25) is 0 Å². The Bertz CT molecular complexity index is 311. The second-order valence-electron chi connectivity index (χ2n) is 3.51. The lowest BCUT2D eigenvalue weighted by molar-refractivity contribution is 0.368. The topological polar surface area (TPSA) is 81.5 Å². The van der Waals surface area contributed by atoms with Crippen LogP contribution in [-0.2, 0) is 6.42 Å². The summed E-state index contributed by atoms with van der Waals surface area (Å²) in [4.78, 5) is 0. The van der Waals surface area contributed by atoms with Crippen molar-refractivity contribution in [2.45, 2.75) is 6.42 Å². The fourth-order valence-electron chi connectivity index (χ4n) is 1.47. The highest BCUT2D eigenvalue weighted by atomic mass is 16.5. The summed E-state index contributed by atoms with van der Waals surface area (Å²) in [5.41, 5.74) is 11.9. The van der Waals surface area contributed by atoms with Gasteiger partial charge in [0, 0.05) is 0 Å². The zero-order valence-electron chi connectivity index (χ0n) is 8.94. The van der Waals surface area contributed by atoms with E-state index in [-0.39, 0.29) is 11.7 Å². The quantitative estimate of drug-likeness (QED) is 0.660. The molecule has 1 aromatic carbocycles. The lowest BCUT2D eigenvalue weighted by Gasteiger charge is -2.14. The molecule has 0 spiro atoms. The Hall–Kier alpha value is -1.26. The van der Waals surface area contributed by atoms with Crippen LogP contribution in [-0.4, -0.2) is 25.3 Å². The van der Waals surface area contributed by atoms with E-state index in [1.807, 2.05) is 12.1 Å². The Labute approximate surface area is 89.8 Å². The van der Waals surface area contributed by atoms with Gasteiger partial charge in [-0.2, -0.15) is 0 Å². The minimum atomic E-state index is 0.187. The molecule has 0 saturated heterocycles. The molecule has 4 heteroatoms. The Kier molecular flexibility index (Phi) is 4.39. The van der Waals surface area contributed by atoms with Crippen molar-refractivity contribution in [2.75, 3.05) is 20.2 Å². The van der Waals surface area contributed by atoms with E-state index in [2.05, 4.69) is 0 Å². The highest BCUT2D eigenvalue weighted by Crippen LogP contribution is 2.30. The average molecular weight is 210 g/mol. The highest BCUT2D eigenvalue weighted by molar-refractivity contribution is 5.45. The maximum Gasteiger partial charge on any atom is 0.160 e. The summed E-state index contributed by atoms with van der Waals surface area (Å²) >= 11 is 0. The molecule has 1 aromatic rings. The zero-order valence-corrected chi connectivity index (χ0v) is 8.94. The molecule has 0 aliphatic carbocycles. The van der Waals surface area contributed by atoms with E-state index in [0.717, 1.165) is 5.56 Å². The maximum atomic E-state index is 9.82. The van der Waals surface area contributed by atoms with E-state index in [9.17, 15) is 5.11 Å². The van der Waals surface area contributed by atoms with Crippen LogP contribution in [0.3, 0.4) is 0 Å². The molecule has 0 aromatic heterocycles. The SMILES string of the molecule is COc1cccc(CC(CN)CN)c1O. The van der Waals surface area contributed by atoms with Crippen LogP contribution in [0.15, 0.2) is 18.2 Å². The Balaban J connectivity index is 2.85. The molecule has 15 heavy (non-hydrogen) atoms. The summed E-state index contributed by atoms with van der Waals surface area (Å²) in [7, 11) is 1.53. The van der Waals surface area contributed by atoms with Gasteiger partial charge in [-0.05, 0) is 37.1 Å². The van der Waals surface area contributed by atoms with Crippen LogP contribution in [0.4, 0.5) is 0 Å². The molecule has 0 saturated carbocycles. The molecule has 0 unspecified atom stereocenters. The number of ether oxygens (including phenoxy) is 1. The zero-order chi connectivity index (χ0) is 11.3. The van der Waals surface area contributed by atoms with Crippen LogP contribution in [0.25, 0.3) is 0 Å². The van der Waals surface area contributed by atoms with Gasteiger partial charge >= 0.3 is 0 Å². The summed E-state index contributed by atoms with van der Waals surface area (Å²) < 4.78 is 5.02. The third kappa shape index (κ3) is 2.84. The lowest BCUT2D eigenvalue weighted by atomic mass is 9.98. The van der Waals surface area contributed by atoms with Gasteiger partial charge in [0.25, 0.3) is 0 Å².